The second-order valence-electron chi connectivity index (χ2n) is 5.81. The van der Waals surface area contributed by atoms with E-state index in [4.69, 9.17) is 4.74 Å². The number of rotatable bonds is 5. The molecule has 0 unspecified atom stereocenters. The van der Waals surface area contributed by atoms with Gasteiger partial charge in [0.2, 0.25) is 5.91 Å². The summed E-state index contributed by atoms with van der Waals surface area (Å²) in [4.78, 5) is 36.6. The summed E-state index contributed by atoms with van der Waals surface area (Å²) in [7, 11) is 0. The van der Waals surface area contributed by atoms with Crippen molar-refractivity contribution < 1.29 is 19.1 Å². The Kier molecular flexibility index (Phi) is 6.12. The molecular weight excluding hydrogens is 308 g/mol. The first-order valence-electron chi connectivity index (χ1n) is 7.97. The van der Waals surface area contributed by atoms with Gasteiger partial charge in [-0.25, -0.2) is 0 Å². The van der Waals surface area contributed by atoms with Crippen molar-refractivity contribution in [2.24, 2.45) is 5.92 Å². The Hall–Kier alpha value is -2.63. The third-order valence-corrected chi connectivity index (χ3v) is 3.99. The highest BCUT2D eigenvalue weighted by atomic mass is 16.5. The van der Waals surface area contributed by atoms with E-state index in [2.05, 4.69) is 11.9 Å². The minimum atomic E-state index is -0.415. The van der Waals surface area contributed by atoms with Gasteiger partial charge in [-0.05, 0) is 43.0 Å². The van der Waals surface area contributed by atoms with Crippen molar-refractivity contribution in [2.75, 3.05) is 19.6 Å². The van der Waals surface area contributed by atoms with Gasteiger partial charge < -0.3 is 15.0 Å². The second-order valence-corrected chi connectivity index (χ2v) is 5.81. The van der Waals surface area contributed by atoms with Crippen LogP contribution in [0.5, 0.6) is 5.75 Å². The van der Waals surface area contributed by atoms with Crippen LogP contribution in [0.4, 0.5) is 0 Å². The number of ether oxygens (including phenoxy) is 1. The third kappa shape index (κ3) is 4.94. The molecular formula is C18H22N2O4. The van der Waals surface area contributed by atoms with E-state index in [0.717, 1.165) is 12.8 Å². The Morgan fingerprint density at radius 2 is 2.04 bits per heavy atom. The Bertz CT molecular complexity index is 634. The average molecular weight is 330 g/mol. The number of likely N-dealkylation sites (tertiary alicyclic amines) is 1. The highest BCUT2D eigenvalue weighted by Crippen LogP contribution is 2.20. The number of nitrogens with one attached hydrogen (secondary N) is 1. The number of esters is 1. The zero-order valence-electron chi connectivity index (χ0n) is 13.8. The molecule has 1 aromatic carbocycles. The molecule has 6 nitrogen and oxygen atoms in total. The lowest BCUT2D eigenvalue weighted by molar-refractivity contribution is -0.131. The van der Waals surface area contributed by atoms with Crippen LogP contribution in [0.1, 0.15) is 30.1 Å². The van der Waals surface area contributed by atoms with E-state index in [9.17, 15) is 14.4 Å². The summed E-state index contributed by atoms with van der Waals surface area (Å²) >= 11 is 0. The fourth-order valence-corrected chi connectivity index (χ4v) is 2.70. The topological polar surface area (TPSA) is 75.7 Å². The maximum Gasteiger partial charge on any atom is 0.308 e. The predicted molar refractivity (Wildman–Crippen MR) is 89.6 cm³/mol. The van der Waals surface area contributed by atoms with Crippen molar-refractivity contribution >= 4 is 17.8 Å². The average Bonchev–Trinajstić information content (AvgIpc) is 2.59. The third-order valence-electron chi connectivity index (χ3n) is 3.99. The van der Waals surface area contributed by atoms with Gasteiger partial charge in [0.25, 0.3) is 5.91 Å². The summed E-state index contributed by atoms with van der Waals surface area (Å²) in [6.45, 7) is 6.64. The molecule has 0 radical (unpaired) electrons. The fourth-order valence-electron chi connectivity index (χ4n) is 2.70. The molecule has 0 bridgehead atoms. The minimum Gasteiger partial charge on any atom is -0.427 e. The van der Waals surface area contributed by atoms with Crippen LogP contribution in [0.3, 0.4) is 0 Å². The minimum absolute atomic E-state index is 0.0717. The van der Waals surface area contributed by atoms with Gasteiger partial charge in [-0.1, -0.05) is 12.6 Å². The van der Waals surface area contributed by atoms with Crippen LogP contribution in [0.2, 0.25) is 0 Å². The van der Waals surface area contributed by atoms with Crippen LogP contribution in [0.25, 0.3) is 0 Å². The van der Waals surface area contributed by atoms with Crippen molar-refractivity contribution in [3.05, 3.63) is 42.5 Å². The van der Waals surface area contributed by atoms with E-state index < -0.39 is 5.97 Å². The van der Waals surface area contributed by atoms with Crippen LogP contribution in [-0.4, -0.2) is 42.3 Å². The molecule has 0 aromatic heterocycles. The van der Waals surface area contributed by atoms with Gasteiger partial charge in [-0.2, -0.15) is 0 Å². The lowest BCUT2D eigenvalue weighted by atomic mass is 9.96. The number of benzene rings is 1. The van der Waals surface area contributed by atoms with E-state index in [1.807, 2.05) is 0 Å². The van der Waals surface area contributed by atoms with Gasteiger partial charge in [-0.3, -0.25) is 14.4 Å². The zero-order chi connectivity index (χ0) is 17.5. The summed E-state index contributed by atoms with van der Waals surface area (Å²) in [6, 6.07) is 6.64. The van der Waals surface area contributed by atoms with E-state index in [1.165, 1.54) is 13.0 Å². The Morgan fingerprint density at radius 1 is 1.33 bits per heavy atom. The molecule has 1 aromatic rings. The number of carbonyl (C=O) groups excluding carboxylic acids is 3. The lowest BCUT2D eigenvalue weighted by Gasteiger charge is -2.32. The molecule has 6 heteroatoms. The van der Waals surface area contributed by atoms with E-state index >= 15 is 0 Å². The fraction of sp³-hybridized carbons (Fsp3) is 0.389. The first kappa shape index (κ1) is 17.7. The van der Waals surface area contributed by atoms with Gasteiger partial charge in [-0.15, -0.1) is 0 Å². The van der Waals surface area contributed by atoms with Gasteiger partial charge in [0.05, 0.1) is 0 Å². The highest BCUT2D eigenvalue weighted by molar-refractivity contribution is 5.94. The van der Waals surface area contributed by atoms with Crippen LogP contribution in [-0.2, 0) is 9.59 Å². The largest absolute Gasteiger partial charge is 0.427 e. The first-order valence-corrected chi connectivity index (χ1v) is 7.97. The Balaban J connectivity index is 1.89. The number of amides is 2. The van der Waals surface area contributed by atoms with Crippen LogP contribution in [0, 0.1) is 5.92 Å². The van der Waals surface area contributed by atoms with Crippen molar-refractivity contribution in [1.29, 1.82) is 0 Å². The summed E-state index contributed by atoms with van der Waals surface area (Å²) in [5.41, 5.74) is 0.507. The molecule has 1 N–H and O–H groups in total. The monoisotopic (exact) mass is 330 g/mol. The van der Waals surface area contributed by atoms with E-state index in [-0.39, 0.29) is 11.8 Å². The molecule has 128 valence electrons. The van der Waals surface area contributed by atoms with Gasteiger partial charge in [0.1, 0.15) is 5.75 Å². The van der Waals surface area contributed by atoms with Gasteiger partial charge in [0.15, 0.2) is 0 Å². The van der Waals surface area contributed by atoms with Crippen LogP contribution in [0.15, 0.2) is 36.9 Å². The number of hydrogen-bond acceptors (Lipinski definition) is 4. The first-order chi connectivity index (χ1) is 11.5. The molecule has 1 saturated heterocycles. The number of nitrogens with zero attached hydrogens (tertiary/aromatic N) is 1. The SMILES string of the molecule is C=CC(=O)NCC1CCN(C(=O)c2cccc(OC(C)=O)c2)CC1. The Morgan fingerprint density at radius 3 is 2.67 bits per heavy atom. The number of carbonyl (C=O) groups is 3. The molecule has 2 rings (SSSR count). The van der Waals surface area contributed by atoms with Crippen LogP contribution >= 0.6 is 0 Å². The summed E-state index contributed by atoms with van der Waals surface area (Å²) in [5.74, 6) is 0.0797. The molecule has 0 spiro atoms. The second kappa shape index (κ2) is 8.29. The van der Waals surface area contributed by atoms with E-state index in [0.29, 0.717) is 36.9 Å². The molecule has 1 aliphatic rings. The molecule has 1 aliphatic heterocycles. The lowest BCUT2D eigenvalue weighted by Crippen LogP contribution is -2.41. The maximum atomic E-state index is 12.6. The van der Waals surface area contributed by atoms with E-state index in [1.54, 1.807) is 29.2 Å². The number of hydrogen-bond donors (Lipinski definition) is 1. The normalized spacial score (nSPS) is 14.8. The molecule has 0 saturated carbocycles. The van der Waals surface area contributed by atoms with Crippen molar-refractivity contribution in [3.63, 3.8) is 0 Å². The summed E-state index contributed by atoms with van der Waals surface area (Å²) in [5, 5.41) is 2.79. The maximum absolute atomic E-state index is 12.6. The Labute approximate surface area is 141 Å². The summed E-state index contributed by atoms with van der Waals surface area (Å²) < 4.78 is 5.02. The standard InChI is InChI=1S/C18H22N2O4/c1-3-17(22)19-12-14-7-9-20(10-8-14)18(23)15-5-4-6-16(11-15)24-13(2)21/h3-6,11,14H,1,7-10,12H2,2H3,(H,19,22). The van der Waals surface area contributed by atoms with Crippen molar-refractivity contribution in [2.45, 2.75) is 19.8 Å². The quantitative estimate of drug-likeness (QED) is 0.507. The summed E-state index contributed by atoms with van der Waals surface area (Å²) in [6.07, 6.45) is 2.94. The van der Waals surface area contributed by atoms with Gasteiger partial charge >= 0.3 is 5.97 Å². The van der Waals surface area contributed by atoms with Crippen molar-refractivity contribution in [1.82, 2.24) is 10.2 Å². The van der Waals surface area contributed by atoms with Crippen molar-refractivity contribution in [3.8, 4) is 5.75 Å². The highest BCUT2D eigenvalue weighted by Gasteiger charge is 2.24. The molecule has 2 amide bonds. The molecule has 0 aliphatic carbocycles. The molecule has 1 heterocycles. The number of piperidine rings is 1. The molecule has 0 atom stereocenters. The van der Waals surface area contributed by atoms with Gasteiger partial charge in [0, 0.05) is 32.1 Å². The van der Waals surface area contributed by atoms with Crippen LogP contribution < -0.4 is 10.1 Å². The zero-order valence-corrected chi connectivity index (χ0v) is 13.8. The molecule has 1 fully saturated rings. The predicted octanol–water partition coefficient (Wildman–Crippen LogP) is 1.77. The smallest absolute Gasteiger partial charge is 0.308 e. The molecule has 24 heavy (non-hydrogen) atoms.